The summed E-state index contributed by atoms with van der Waals surface area (Å²) in [7, 11) is 4.07. The van der Waals surface area contributed by atoms with E-state index >= 15 is 0 Å². The van der Waals surface area contributed by atoms with Crippen LogP contribution >= 0.6 is 0 Å². The molecule has 0 aliphatic carbocycles. The zero-order valence-corrected chi connectivity index (χ0v) is 11.5. The average Bonchev–Trinajstić information content (AvgIpc) is 2.34. The van der Waals surface area contributed by atoms with Crippen LogP contribution in [0.1, 0.15) is 23.7 Å². The van der Waals surface area contributed by atoms with Gasteiger partial charge in [0.15, 0.2) is 0 Å². The van der Waals surface area contributed by atoms with Crippen molar-refractivity contribution in [1.29, 1.82) is 0 Å². The molecule has 2 N–H and O–H groups in total. The third kappa shape index (κ3) is 4.04. The second kappa shape index (κ2) is 7.01. The molecule has 0 spiro atoms. The Kier molecular flexibility index (Phi) is 5.65. The van der Waals surface area contributed by atoms with Gasteiger partial charge in [0.2, 0.25) is 0 Å². The summed E-state index contributed by atoms with van der Waals surface area (Å²) in [6, 6.07) is 7.23. The van der Waals surface area contributed by atoms with Gasteiger partial charge in [-0.05, 0) is 46.1 Å². The summed E-state index contributed by atoms with van der Waals surface area (Å²) >= 11 is 0. The molecular formula is C14H23N3O. The number of hydrogen-bond donors (Lipinski definition) is 1. The molecule has 1 aromatic carbocycles. The largest absolute Gasteiger partial charge is 0.398 e. The predicted octanol–water partition coefficient (Wildman–Crippen LogP) is 1.68. The van der Waals surface area contributed by atoms with Crippen molar-refractivity contribution in [1.82, 2.24) is 9.80 Å². The van der Waals surface area contributed by atoms with Gasteiger partial charge in [-0.25, -0.2) is 0 Å². The molecule has 0 unspecified atom stereocenters. The van der Waals surface area contributed by atoms with Crippen LogP contribution in [0.3, 0.4) is 0 Å². The number of para-hydroxylation sites is 1. The number of carbonyl (C=O) groups is 1. The van der Waals surface area contributed by atoms with E-state index in [1.807, 2.05) is 38.1 Å². The molecule has 0 heterocycles. The molecule has 0 bridgehead atoms. The Hall–Kier alpha value is -1.55. The molecule has 0 saturated heterocycles. The molecule has 1 aromatic rings. The summed E-state index contributed by atoms with van der Waals surface area (Å²) in [6.07, 6.45) is 0.972. The number of benzene rings is 1. The summed E-state index contributed by atoms with van der Waals surface area (Å²) < 4.78 is 0. The zero-order chi connectivity index (χ0) is 13.5. The normalized spacial score (nSPS) is 10.7. The van der Waals surface area contributed by atoms with Crippen LogP contribution in [0.5, 0.6) is 0 Å². The molecule has 4 heteroatoms. The van der Waals surface area contributed by atoms with E-state index in [9.17, 15) is 4.79 Å². The van der Waals surface area contributed by atoms with Crippen LogP contribution < -0.4 is 5.73 Å². The van der Waals surface area contributed by atoms with Crippen molar-refractivity contribution < 1.29 is 4.79 Å². The lowest BCUT2D eigenvalue weighted by Crippen LogP contribution is -2.33. The van der Waals surface area contributed by atoms with Crippen LogP contribution in [0, 0.1) is 0 Å². The van der Waals surface area contributed by atoms with Gasteiger partial charge in [-0.3, -0.25) is 4.79 Å². The fourth-order valence-electron chi connectivity index (χ4n) is 1.84. The van der Waals surface area contributed by atoms with Gasteiger partial charge in [0.05, 0.1) is 5.56 Å². The predicted molar refractivity (Wildman–Crippen MR) is 75.6 cm³/mol. The topological polar surface area (TPSA) is 49.6 Å². The van der Waals surface area contributed by atoms with Gasteiger partial charge < -0.3 is 15.5 Å². The number of nitrogens with two attached hydrogens (primary N) is 1. The van der Waals surface area contributed by atoms with Crippen molar-refractivity contribution in [3.05, 3.63) is 29.8 Å². The SMILES string of the molecule is CCN(CCCN(C)C)C(=O)c1ccccc1N. The highest BCUT2D eigenvalue weighted by atomic mass is 16.2. The Morgan fingerprint density at radius 3 is 2.44 bits per heavy atom. The van der Waals surface area contributed by atoms with Gasteiger partial charge in [-0.15, -0.1) is 0 Å². The maximum absolute atomic E-state index is 12.3. The number of hydrogen-bond acceptors (Lipinski definition) is 3. The molecule has 1 rings (SSSR count). The van der Waals surface area contributed by atoms with Gasteiger partial charge in [-0.2, -0.15) is 0 Å². The van der Waals surface area contributed by atoms with Crippen LogP contribution in [-0.2, 0) is 0 Å². The van der Waals surface area contributed by atoms with E-state index < -0.39 is 0 Å². The first-order valence-corrected chi connectivity index (χ1v) is 6.34. The second-order valence-corrected chi connectivity index (χ2v) is 4.63. The van der Waals surface area contributed by atoms with Gasteiger partial charge in [-0.1, -0.05) is 12.1 Å². The number of nitrogens with zero attached hydrogens (tertiary/aromatic N) is 2. The molecular weight excluding hydrogens is 226 g/mol. The standard InChI is InChI=1S/C14H23N3O/c1-4-17(11-7-10-16(2)3)14(18)12-8-5-6-9-13(12)15/h5-6,8-9H,4,7,10-11,15H2,1-3H3. The molecule has 0 aliphatic heterocycles. The van der Waals surface area contributed by atoms with Crippen molar-refractivity contribution >= 4 is 11.6 Å². The van der Waals surface area contributed by atoms with E-state index in [0.29, 0.717) is 17.8 Å². The van der Waals surface area contributed by atoms with Gasteiger partial charge in [0.25, 0.3) is 5.91 Å². The molecule has 0 radical (unpaired) electrons. The first kappa shape index (κ1) is 14.5. The average molecular weight is 249 g/mol. The first-order chi connectivity index (χ1) is 8.56. The number of carbonyl (C=O) groups excluding carboxylic acids is 1. The van der Waals surface area contributed by atoms with E-state index in [1.165, 1.54) is 0 Å². The lowest BCUT2D eigenvalue weighted by molar-refractivity contribution is 0.0760. The summed E-state index contributed by atoms with van der Waals surface area (Å²) in [5.74, 6) is 0.0226. The molecule has 4 nitrogen and oxygen atoms in total. The molecule has 0 atom stereocenters. The molecule has 0 saturated carbocycles. The summed E-state index contributed by atoms with van der Waals surface area (Å²) in [6.45, 7) is 4.45. The fraction of sp³-hybridized carbons (Fsp3) is 0.500. The van der Waals surface area contributed by atoms with Crippen LogP contribution in [0.2, 0.25) is 0 Å². The number of rotatable bonds is 6. The molecule has 18 heavy (non-hydrogen) atoms. The van der Waals surface area contributed by atoms with Crippen LogP contribution in [0.15, 0.2) is 24.3 Å². The van der Waals surface area contributed by atoms with E-state index in [0.717, 1.165) is 19.5 Å². The Bertz CT molecular complexity index is 390. The van der Waals surface area contributed by atoms with Gasteiger partial charge in [0.1, 0.15) is 0 Å². The van der Waals surface area contributed by atoms with E-state index in [-0.39, 0.29) is 5.91 Å². The third-order valence-electron chi connectivity index (χ3n) is 2.89. The van der Waals surface area contributed by atoms with Crippen LogP contribution in [-0.4, -0.2) is 49.4 Å². The minimum atomic E-state index is 0.0226. The molecule has 0 aromatic heterocycles. The Morgan fingerprint density at radius 2 is 1.89 bits per heavy atom. The number of anilines is 1. The quantitative estimate of drug-likeness (QED) is 0.780. The van der Waals surface area contributed by atoms with E-state index in [1.54, 1.807) is 12.1 Å². The van der Waals surface area contributed by atoms with Crippen molar-refractivity contribution in [3.8, 4) is 0 Å². The molecule has 100 valence electrons. The van der Waals surface area contributed by atoms with Crippen molar-refractivity contribution in [2.24, 2.45) is 0 Å². The molecule has 0 aliphatic rings. The maximum atomic E-state index is 12.3. The van der Waals surface area contributed by atoms with Crippen LogP contribution in [0.25, 0.3) is 0 Å². The van der Waals surface area contributed by atoms with Crippen molar-refractivity contribution in [2.75, 3.05) is 39.5 Å². The highest BCUT2D eigenvalue weighted by molar-refractivity contribution is 5.99. The minimum absolute atomic E-state index is 0.0226. The summed E-state index contributed by atoms with van der Waals surface area (Å²) in [5.41, 5.74) is 6.99. The zero-order valence-electron chi connectivity index (χ0n) is 11.5. The highest BCUT2D eigenvalue weighted by Crippen LogP contribution is 2.13. The van der Waals surface area contributed by atoms with Gasteiger partial charge in [0, 0.05) is 18.8 Å². The smallest absolute Gasteiger partial charge is 0.255 e. The lowest BCUT2D eigenvalue weighted by atomic mass is 10.1. The van der Waals surface area contributed by atoms with Crippen molar-refractivity contribution in [3.63, 3.8) is 0 Å². The maximum Gasteiger partial charge on any atom is 0.255 e. The van der Waals surface area contributed by atoms with E-state index in [2.05, 4.69) is 4.90 Å². The summed E-state index contributed by atoms with van der Waals surface area (Å²) in [4.78, 5) is 16.3. The molecule has 1 amide bonds. The monoisotopic (exact) mass is 249 g/mol. The summed E-state index contributed by atoms with van der Waals surface area (Å²) in [5, 5.41) is 0. The number of nitrogen functional groups attached to an aromatic ring is 1. The Labute approximate surface area is 109 Å². The first-order valence-electron chi connectivity index (χ1n) is 6.34. The Morgan fingerprint density at radius 1 is 1.22 bits per heavy atom. The van der Waals surface area contributed by atoms with Crippen LogP contribution in [0.4, 0.5) is 5.69 Å². The van der Waals surface area contributed by atoms with Gasteiger partial charge >= 0.3 is 0 Å². The second-order valence-electron chi connectivity index (χ2n) is 4.63. The minimum Gasteiger partial charge on any atom is -0.398 e. The van der Waals surface area contributed by atoms with Crippen molar-refractivity contribution in [2.45, 2.75) is 13.3 Å². The highest BCUT2D eigenvalue weighted by Gasteiger charge is 2.15. The number of amides is 1. The lowest BCUT2D eigenvalue weighted by Gasteiger charge is -2.22. The fourth-order valence-corrected chi connectivity index (χ4v) is 1.84. The Balaban J connectivity index is 2.65. The van der Waals surface area contributed by atoms with E-state index in [4.69, 9.17) is 5.73 Å². The molecule has 0 fully saturated rings. The third-order valence-corrected chi connectivity index (χ3v) is 2.89.